The predicted molar refractivity (Wildman–Crippen MR) is 123 cm³/mol. The van der Waals surface area contributed by atoms with E-state index >= 15 is 0 Å². The number of nitrogens with one attached hydrogen (secondary N) is 1. The molecular formula is C23H18BrN3O2S. The van der Waals surface area contributed by atoms with Crippen LogP contribution in [0.1, 0.15) is 28.4 Å². The lowest BCUT2D eigenvalue weighted by Gasteiger charge is -2.12. The first-order valence-corrected chi connectivity index (χ1v) is 10.9. The van der Waals surface area contributed by atoms with Crippen LogP contribution < -0.4 is 5.32 Å². The van der Waals surface area contributed by atoms with Crippen LogP contribution >= 0.6 is 27.7 Å². The Morgan fingerprint density at radius 1 is 1.17 bits per heavy atom. The number of hydrogen-bond acceptors (Lipinski definition) is 5. The van der Waals surface area contributed by atoms with Crippen LogP contribution in [0.25, 0.3) is 11.3 Å². The molecule has 0 aliphatic carbocycles. The highest BCUT2D eigenvalue weighted by Gasteiger charge is 2.17. The number of thioether (sulfide) groups is 1. The number of hydrogen-bond donors (Lipinski definition) is 1. The van der Waals surface area contributed by atoms with Crippen LogP contribution in [0, 0.1) is 18.3 Å². The Morgan fingerprint density at radius 3 is 2.53 bits per heavy atom. The first kappa shape index (κ1) is 21.8. The van der Waals surface area contributed by atoms with E-state index in [1.807, 2.05) is 55.5 Å². The van der Waals surface area contributed by atoms with Crippen molar-refractivity contribution >= 4 is 45.1 Å². The molecule has 0 fully saturated rings. The van der Waals surface area contributed by atoms with Gasteiger partial charge in [-0.3, -0.25) is 9.59 Å². The van der Waals surface area contributed by atoms with Gasteiger partial charge in [0.25, 0.3) is 0 Å². The quantitative estimate of drug-likeness (QED) is 0.366. The average Bonchev–Trinajstić information content (AvgIpc) is 2.74. The fourth-order valence-corrected chi connectivity index (χ4v) is 4.16. The maximum atomic E-state index is 12.4. The van der Waals surface area contributed by atoms with Crippen molar-refractivity contribution in [1.29, 1.82) is 5.26 Å². The van der Waals surface area contributed by atoms with Crippen molar-refractivity contribution in [1.82, 2.24) is 4.98 Å². The molecule has 0 aliphatic heterocycles. The highest BCUT2D eigenvalue weighted by molar-refractivity contribution is 9.10. The lowest BCUT2D eigenvalue weighted by molar-refractivity contribution is -0.113. The molecule has 0 saturated carbocycles. The van der Waals surface area contributed by atoms with Crippen LogP contribution in [0.3, 0.4) is 0 Å². The second-order valence-corrected chi connectivity index (χ2v) is 8.41. The molecule has 150 valence electrons. The number of ketones is 1. The van der Waals surface area contributed by atoms with E-state index in [1.165, 1.54) is 6.92 Å². The number of nitriles is 1. The van der Waals surface area contributed by atoms with Gasteiger partial charge in [-0.05, 0) is 53.5 Å². The Morgan fingerprint density at radius 2 is 1.90 bits per heavy atom. The molecule has 0 atom stereocenters. The van der Waals surface area contributed by atoms with Crippen molar-refractivity contribution in [2.75, 3.05) is 11.1 Å². The van der Waals surface area contributed by atoms with Gasteiger partial charge >= 0.3 is 0 Å². The summed E-state index contributed by atoms with van der Waals surface area (Å²) in [4.78, 5) is 29.1. The number of rotatable bonds is 6. The minimum Gasteiger partial charge on any atom is -0.324 e. The standard InChI is InChI=1S/C23H18BrN3O2S/c1-14-8-9-20(19(24)10-14)26-21(29)13-30-23-17(12-25)11-18(15(2)28)22(27-23)16-6-4-3-5-7-16/h3-11H,13H2,1-2H3,(H,26,29). The van der Waals surface area contributed by atoms with Gasteiger partial charge in [-0.25, -0.2) is 4.98 Å². The molecule has 0 spiro atoms. The summed E-state index contributed by atoms with van der Waals surface area (Å²) in [7, 11) is 0. The summed E-state index contributed by atoms with van der Waals surface area (Å²) in [5.74, 6) is -0.307. The van der Waals surface area contributed by atoms with Gasteiger partial charge in [0.2, 0.25) is 5.91 Å². The molecule has 1 aromatic heterocycles. The SMILES string of the molecule is CC(=O)c1cc(C#N)c(SCC(=O)Nc2ccc(C)cc2Br)nc1-c1ccccc1. The number of aryl methyl sites for hydroxylation is 1. The molecule has 7 heteroatoms. The largest absolute Gasteiger partial charge is 0.324 e. The van der Waals surface area contributed by atoms with Crippen molar-refractivity contribution < 1.29 is 9.59 Å². The van der Waals surface area contributed by atoms with Crippen molar-refractivity contribution in [3.05, 3.63) is 75.8 Å². The predicted octanol–water partition coefficient (Wildman–Crippen LogP) is 5.62. The maximum absolute atomic E-state index is 12.4. The Labute approximate surface area is 187 Å². The molecular weight excluding hydrogens is 462 g/mol. The topological polar surface area (TPSA) is 82.8 Å². The summed E-state index contributed by atoms with van der Waals surface area (Å²) in [6.07, 6.45) is 0. The van der Waals surface area contributed by atoms with E-state index in [1.54, 1.807) is 6.07 Å². The Balaban J connectivity index is 1.85. The summed E-state index contributed by atoms with van der Waals surface area (Å²) >= 11 is 4.61. The molecule has 1 N–H and O–H groups in total. The second kappa shape index (κ2) is 9.70. The molecule has 5 nitrogen and oxygen atoms in total. The number of aromatic nitrogens is 1. The number of carbonyl (C=O) groups is 2. The van der Waals surface area contributed by atoms with Crippen molar-refractivity contribution in [3.8, 4) is 17.3 Å². The van der Waals surface area contributed by atoms with Crippen molar-refractivity contribution in [2.45, 2.75) is 18.9 Å². The molecule has 2 aromatic carbocycles. The molecule has 0 saturated heterocycles. The maximum Gasteiger partial charge on any atom is 0.234 e. The molecule has 1 amide bonds. The number of pyridine rings is 1. The van der Waals surface area contributed by atoms with Gasteiger partial charge in [-0.15, -0.1) is 0 Å². The van der Waals surface area contributed by atoms with Gasteiger partial charge in [0.1, 0.15) is 11.1 Å². The number of halogens is 1. The number of anilines is 1. The molecule has 1 heterocycles. The molecule has 0 unspecified atom stereocenters. The van der Waals surface area contributed by atoms with Crippen LogP contribution in [-0.2, 0) is 4.79 Å². The fraction of sp³-hybridized carbons (Fsp3) is 0.130. The smallest absolute Gasteiger partial charge is 0.234 e. The molecule has 30 heavy (non-hydrogen) atoms. The zero-order valence-electron chi connectivity index (χ0n) is 16.4. The number of carbonyl (C=O) groups excluding carboxylic acids is 2. The normalized spacial score (nSPS) is 10.3. The summed E-state index contributed by atoms with van der Waals surface area (Å²) in [5.41, 5.74) is 3.70. The fourth-order valence-electron chi connectivity index (χ4n) is 2.81. The monoisotopic (exact) mass is 479 g/mol. The minimum atomic E-state index is -0.216. The first-order valence-electron chi connectivity index (χ1n) is 9.09. The van der Waals surface area contributed by atoms with E-state index in [4.69, 9.17) is 0 Å². The van der Waals surface area contributed by atoms with E-state index in [0.29, 0.717) is 22.0 Å². The lowest BCUT2D eigenvalue weighted by atomic mass is 10.0. The summed E-state index contributed by atoms with van der Waals surface area (Å²) in [6, 6.07) is 18.6. The second-order valence-electron chi connectivity index (χ2n) is 6.59. The number of Topliss-reactive ketones (excluding diaryl/α,β-unsaturated/α-hetero) is 1. The summed E-state index contributed by atoms with van der Waals surface area (Å²) < 4.78 is 0.800. The Bertz CT molecular complexity index is 1160. The van der Waals surface area contributed by atoms with Crippen molar-refractivity contribution in [2.24, 2.45) is 0 Å². The average molecular weight is 480 g/mol. The van der Waals surface area contributed by atoms with E-state index in [9.17, 15) is 14.9 Å². The van der Waals surface area contributed by atoms with Gasteiger partial charge < -0.3 is 5.32 Å². The number of benzene rings is 2. The van der Waals surface area contributed by atoms with E-state index in [0.717, 1.165) is 27.4 Å². The van der Waals surface area contributed by atoms with Gasteiger partial charge in [0, 0.05) is 15.6 Å². The molecule has 3 aromatic rings. The number of amides is 1. The van der Waals surface area contributed by atoms with Crippen LogP contribution in [0.5, 0.6) is 0 Å². The van der Waals surface area contributed by atoms with Crippen LogP contribution in [0.2, 0.25) is 0 Å². The first-order chi connectivity index (χ1) is 14.4. The third-order valence-electron chi connectivity index (χ3n) is 4.27. The van der Waals surface area contributed by atoms with E-state index in [-0.39, 0.29) is 23.0 Å². The van der Waals surface area contributed by atoms with Crippen LogP contribution in [0.4, 0.5) is 5.69 Å². The molecule has 0 aliphatic rings. The third-order valence-corrected chi connectivity index (χ3v) is 5.92. The lowest BCUT2D eigenvalue weighted by Crippen LogP contribution is -2.15. The molecule has 0 bridgehead atoms. The highest BCUT2D eigenvalue weighted by atomic mass is 79.9. The molecule has 3 rings (SSSR count). The third kappa shape index (κ3) is 5.15. The molecule has 0 radical (unpaired) electrons. The summed E-state index contributed by atoms with van der Waals surface area (Å²) in [6.45, 7) is 3.42. The number of nitrogens with zero attached hydrogens (tertiary/aromatic N) is 2. The van der Waals surface area contributed by atoms with Gasteiger partial charge in [-0.1, -0.05) is 48.2 Å². The highest BCUT2D eigenvalue weighted by Crippen LogP contribution is 2.30. The van der Waals surface area contributed by atoms with E-state index < -0.39 is 0 Å². The summed E-state index contributed by atoms with van der Waals surface area (Å²) in [5, 5.41) is 12.8. The van der Waals surface area contributed by atoms with E-state index in [2.05, 4.69) is 32.3 Å². The van der Waals surface area contributed by atoms with Crippen LogP contribution in [0.15, 0.2) is 64.1 Å². The van der Waals surface area contributed by atoms with Crippen molar-refractivity contribution in [3.63, 3.8) is 0 Å². The van der Waals surface area contributed by atoms with Crippen LogP contribution in [-0.4, -0.2) is 22.4 Å². The zero-order valence-corrected chi connectivity index (χ0v) is 18.8. The Hall–Kier alpha value is -2.95. The van der Waals surface area contributed by atoms with Gasteiger partial charge in [0.15, 0.2) is 5.78 Å². The van der Waals surface area contributed by atoms with Gasteiger partial charge in [0.05, 0.1) is 22.7 Å². The minimum absolute atomic E-state index is 0.0790. The van der Waals surface area contributed by atoms with Gasteiger partial charge in [-0.2, -0.15) is 5.26 Å². The Kier molecular flexibility index (Phi) is 7.03. The zero-order chi connectivity index (χ0) is 21.7.